The molecule has 1 saturated carbocycles. The number of hydrogen-bond acceptors (Lipinski definition) is 10. The number of ketones is 1. The van der Waals surface area contributed by atoms with E-state index in [-0.39, 0.29) is 47.1 Å². The first-order valence-corrected chi connectivity index (χ1v) is 23.8. The molecule has 4 aromatic carbocycles. The highest BCUT2D eigenvalue weighted by Crippen LogP contribution is 2.63. The quantitative estimate of drug-likeness (QED) is 0.0529. The first-order chi connectivity index (χ1) is 32.4. The molecule has 4 fully saturated rings. The molecule has 6 N–H and O–H groups in total. The molecule has 5 aliphatic heterocycles. The van der Waals surface area contributed by atoms with E-state index in [0.717, 1.165) is 56.7 Å². The van der Waals surface area contributed by atoms with Gasteiger partial charge >= 0.3 is 0 Å². The monoisotopic (exact) mass is 948 g/mol. The number of likely N-dealkylation sites (tertiary alicyclic amines) is 1. The summed E-state index contributed by atoms with van der Waals surface area (Å²) in [6.07, 6.45) is 4.35. The number of amides is 5. The number of halogens is 3. The predicted molar refractivity (Wildman–Crippen MR) is 252 cm³/mol. The number of anilines is 3. The minimum Gasteiger partial charge on any atom is -0.384 e. The molecule has 6 aliphatic rings. The number of imide groups is 1. The van der Waals surface area contributed by atoms with Gasteiger partial charge in [-0.3, -0.25) is 39.4 Å². The van der Waals surface area contributed by atoms with Crippen molar-refractivity contribution in [1.82, 2.24) is 25.8 Å². The number of hydrogen-bond donors (Lipinski definition) is 6. The minimum atomic E-state index is -1.35. The Morgan fingerprint density at radius 1 is 0.896 bits per heavy atom. The number of Topliss-reactive ketones (excluding diaryl/α,β-unsaturated/α-hetero) is 1. The summed E-state index contributed by atoms with van der Waals surface area (Å²) in [7, 11) is 0. The minimum absolute atomic E-state index is 0.101. The van der Waals surface area contributed by atoms with E-state index in [1.54, 1.807) is 59.5 Å². The smallest absolute Gasteiger partial charge is 0.255 e. The van der Waals surface area contributed by atoms with Crippen molar-refractivity contribution in [1.29, 1.82) is 0 Å². The molecule has 4 atom stereocenters. The maximum absolute atomic E-state index is 16.3. The van der Waals surface area contributed by atoms with E-state index in [1.807, 2.05) is 18.2 Å². The van der Waals surface area contributed by atoms with Crippen molar-refractivity contribution in [3.05, 3.63) is 123 Å². The third kappa shape index (κ3) is 7.97. The van der Waals surface area contributed by atoms with E-state index in [0.29, 0.717) is 71.4 Å². The van der Waals surface area contributed by atoms with Gasteiger partial charge < -0.3 is 31.1 Å². The molecule has 0 aromatic heterocycles. The van der Waals surface area contributed by atoms with Crippen LogP contribution in [0.4, 0.5) is 21.5 Å². The zero-order chi connectivity index (χ0) is 46.6. The van der Waals surface area contributed by atoms with Crippen LogP contribution in [0.3, 0.4) is 0 Å². The summed E-state index contributed by atoms with van der Waals surface area (Å²) in [5.41, 5.74) is 2.41. The Balaban J connectivity index is 0.730. The first-order valence-electron chi connectivity index (χ1n) is 23.1. The largest absolute Gasteiger partial charge is 0.384 e. The standard InChI is InChI=1S/C50H51Cl2FN8O6/c51-30-12-15-35-38(22-30)57-48(67)50(35)42(33-7-4-8-36(52)43(33)53)44(59-49(50)18-2-1-3-19-49)46(65)56-31-13-10-29(11-14-31)40(62)24-54-20-21-60-25-28(26-60)23-55-37-9-5-6-32-34(37)27-61(47(32)66)39-16-17-41(63)58-45(39)64/h4-15,22,28,39,42,44,54-55,59H,1-3,16-21,23-27H2,(H,56,65)(H,57,67)(H,58,63,64)/t39?,42-,44+,50+/m0/s1. The van der Waals surface area contributed by atoms with E-state index in [1.165, 1.54) is 6.07 Å². The molecule has 0 radical (unpaired) electrons. The fourth-order valence-corrected chi connectivity index (χ4v) is 12.1. The number of benzene rings is 4. The van der Waals surface area contributed by atoms with Crippen LogP contribution in [-0.2, 0) is 31.1 Å². The molecular formula is C50H51Cl2FN8O6. The summed E-state index contributed by atoms with van der Waals surface area (Å²) in [6, 6.07) is 20.5. The fourth-order valence-electron chi connectivity index (χ4n) is 11.7. The molecule has 5 amide bonds. The Kier molecular flexibility index (Phi) is 12.2. The Morgan fingerprint density at radius 3 is 2.45 bits per heavy atom. The number of piperidine rings is 1. The van der Waals surface area contributed by atoms with Gasteiger partial charge in [-0.1, -0.05) is 66.7 Å². The number of carbonyl (C=O) groups excluding carboxylic acids is 6. The van der Waals surface area contributed by atoms with Crippen LogP contribution < -0.4 is 31.9 Å². The lowest BCUT2D eigenvalue weighted by atomic mass is 9.55. The van der Waals surface area contributed by atoms with E-state index < -0.39 is 46.6 Å². The van der Waals surface area contributed by atoms with Gasteiger partial charge in [0.1, 0.15) is 17.3 Å². The SMILES string of the molecule is O=C1CCC(N2Cc3c(NCC4CN(CCNCC(=O)c5ccc(NC(=O)[C@@H]6NC7(CCCCC7)[C@@]7(C(=O)Nc8cc(Cl)ccc87)[C@H]6c6cccc(Cl)c6F)cc5)C4)cccc3C2=O)C(=O)N1. The topological polar surface area (TPSA) is 181 Å². The van der Waals surface area contributed by atoms with Crippen LogP contribution in [0.5, 0.6) is 0 Å². The molecule has 14 nitrogen and oxygen atoms in total. The van der Waals surface area contributed by atoms with Crippen molar-refractivity contribution >= 4 is 75.6 Å². The van der Waals surface area contributed by atoms with Gasteiger partial charge in [-0.05, 0) is 85.0 Å². The van der Waals surface area contributed by atoms with Crippen LogP contribution in [0.25, 0.3) is 0 Å². The van der Waals surface area contributed by atoms with Crippen LogP contribution in [0.15, 0.2) is 78.9 Å². The van der Waals surface area contributed by atoms with Gasteiger partial charge in [-0.25, -0.2) is 4.39 Å². The third-order valence-electron chi connectivity index (χ3n) is 14.9. The lowest BCUT2D eigenvalue weighted by Gasteiger charge is -2.47. The van der Waals surface area contributed by atoms with Crippen molar-refractivity contribution < 1.29 is 33.2 Å². The first kappa shape index (κ1) is 45.1. The van der Waals surface area contributed by atoms with Crippen LogP contribution >= 0.6 is 23.2 Å². The molecular weight excluding hydrogens is 899 g/mol. The second-order valence-electron chi connectivity index (χ2n) is 18.7. The summed E-state index contributed by atoms with van der Waals surface area (Å²) in [4.78, 5) is 83.6. The Hall–Kier alpha value is -5.71. The molecule has 1 aliphatic carbocycles. The lowest BCUT2D eigenvalue weighted by Crippen LogP contribution is -2.60. The number of nitrogens with one attached hydrogen (secondary N) is 6. The van der Waals surface area contributed by atoms with Gasteiger partial charge in [0.2, 0.25) is 23.6 Å². The highest BCUT2D eigenvalue weighted by molar-refractivity contribution is 6.31. The summed E-state index contributed by atoms with van der Waals surface area (Å²) in [5, 5.41) is 19.2. The number of carbonyl (C=O) groups is 6. The number of rotatable bonds is 13. The van der Waals surface area contributed by atoms with Crippen molar-refractivity contribution in [3.63, 3.8) is 0 Å². The van der Waals surface area contributed by atoms with E-state index in [9.17, 15) is 28.8 Å². The van der Waals surface area contributed by atoms with Crippen LogP contribution in [0, 0.1) is 11.7 Å². The van der Waals surface area contributed by atoms with E-state index in [2.05, 4.69) is 36.8 Å². The summed E-state index contributed by atoms with van der Waals surface area (Å²) in [5.74, 6) is -3.03. The van der Waals surface area contributed by atoms with Crippen LogP contribution in [0.2, 0.25) is 10.0 Å². The summed E-state index contributed by atoms with van der Waals surface area (Å²) in [6.45, 7) is 4.33. The predicted octanol–water partition coefficient (Wildman–Crippen LogP) is 6.00. The van der Waals surface area contributed by atoms with Crippen LogP contribution in [-0.4, -0.2) is 102 Å². The van der Waals surface area contributed by atoms with Gasteiger partial charge in [0.15, 0.2) is 5.78 Å². The summed E-state index contributed by atoms with van der Waals surface area (Å²) < 4.78 is 16.3. The van der Waals surface area contributed by atoms with Crippen molar-refractivity contribution in [2.24, 2.45) is 5.92 Å². The van der Waals surface area contributed by atoms with Crippen molar-refractivity contribution in [3.8, 4) is 0 Å². The number of nitrogens with zero attached hydrogens (tertiary/aromatic N) is 2. The van der Waals surface area contributed by atoms with Crippen LogP contribution in [0.1, 0.15) is 88.3 Å². The molecule has 3 saturated heterocycles. The average molecular weight is 950 g/mol. The molecule has 10 rings (SSSR count). The molecule has 2 spiro atoms. The molecule has 1 unspecified atom stereocenters. The van der Waals surface area contributed by atoms with E-state index in [4.69, 9.17) is 23.2 Å². The van der Waals surface area contributed by atoms with Gasteiger partial charge in [-0.15, -0.1) is 0 Å². The van der Waals surface area contributed by atoms with Gasteiger partial charge in [0, 0.05) is 102 Å². The summed E-state index contributed by atoms with van der Waals surface area (Å²) >= 11 is 12.8. The molecule has 0 bridgehead atoms. The highest BCUT2D eigenvalue weighted by atomic mass is 35.5. The van der Waals surface area contributed by atoms with Crippen molar-refractivity contribution in [2.75, 3.05) is 55.2 Å². The third-order valence-corrected chi connectivity index (χ3v) is 15.4. The molecule has 348 valence electrons. The van der Waals surface area contributed by atoms with Gasteiger partial charge in [0.05, 0.1) is 17.6 Å². The molecule has 67 heavy (non-hydrogen) atoms. The molecule has 5 heterocycles. The zero-order valence-corrected chi connectivity index (χ0v) is 38.2. The Labute approximate surface area is 397 Å². The fraction of sp³-hybridized carbons (Fsp3) is 0.400. The second-order valence-corrected chi connectivity index (χ2v) is 19.6. The maximum atomic E-state index is 16.3. The Morgan fingerprint density at radius 2 is 1.67 bits per heavy atom. The average Bonchev–Trinajstić information content (AvgIpc) is 3.90. The molecule has 4 aromatic rings. The van der Waals surface area contributed by atoms with Crippen molar-refractivity contribution in [2.45, 2.75) is 80.4 Å². The van der Waals surface area contributed by atoms with E-state index >= 15 is 4.39 Å². The zero-order valence-electron chi connectivity index (χ0n) is 36.7. The number of fused-ring (bicyclic) bond motifs is 4. The van der Waals surface area contributed by atoms with Gasteiger partial charge in [-0.2, -0.15) is 0 Å². The lowest BCUT2D eigenvalue weighted by molar-refractivity contribution is -0.137. The molecule has 17 heteroatoms. The second kappa shape index (κ2) is 18.1. The normalized spacial score (nSPS) is 24.3. The van der Waals surface area contributed by atoms with Gasteiger partial charge in [0.25, 0.3) is 5.91 Å². The maximum Gasteiger partial charge on any atom is 0.255 e. The Bertz CT molecular complexity index is 2690. The highest BCUT2D eigenvalue weighted by Gasteiger charge is 2.72.